The molecule has 1 aromatic carbocycles. The SMILES string of the molecule is [CH]c1ccccc1-c1ccn[nH]1. The molecule has 1 heterocycles. The van der Waals surface area contributed by atoms with Crippen LogP contribution in [0.25, 0.3) is 11.3 Å². The van der Waals surface area contributed by atoms with Gasteiger partial charge in [-0.25, -0.2) is 0 Å². The Morgan fingerprint density at radius 2 is 2.00 bits per heavy atom. The van der Waals surface area contributed by atoms with Crippen LogP contribution in [0.3, 0.4) is 0 Å². The highest BCUT2D eigenvalue weighted by Gasteiger charge is 2.00. The minimum Gasteiger partial charge on any atom is -0.278 e. The maximum Gasteiger partial charge on any atom is 0.0653 e. The number of nitrogens with zero attached hydrogens (tertiary/aromatic N) is 1. The van der Waals surface area contributed by atoms with E-state index in [4.69, 9.17) is 6.92 Å². The number of hydrogen-bond acceptors (Lipinski definition) is 1. The van der Waals surface area contributed by atoms with E-state index in [1.54, 1.807) is 6.20 Å². The molecule has 2 rings (SSSR count). The van der Waals surface area contributed by atoms with Crippen LogP contribution in [0, 0.1) is 6.92 Å². The van der Waals surface area contributed by atoms with Crippen LogP contribution in [0.1, 0.15) is 5.56 Å². The van der Waals surface area contributed by atoms with Gasteiger partial charge in [0.2, 0.25) is 0 Å². The number of rotatable bonds is 1. The first-order valence-corrected chi connectivity index (χ1v) is 3.72. The van der Waals surface area contributed by atoms with Gasteiger partial charge in [0.25, 0.3) is 0 Å². The van der Waals surface area contributed by atoms with Gasteiger partial charge in [0.05, 0.1) is 5.69 Å². The van der Waals surface area contributed by atoms with E-state index in [1.807, 2.05) is 30.3 Å². The van der Waals surface area contributed by atoms with Crippen molar-refractivity contribution in [1.82, 2.24) is 10.2 Å². The molecule has 0 atom stereocenters. The van der Waals surface area contributed by atoms with E-state index in [2.05, 4.69) is 10.2 Å². The molecular formula is C10H8N2. The van der Waals surface area contributed by atoms with Crippen LogP contribution in [0.5, 0.6) is 0 Å². The van der Waals surface area contributed by atoms with Crippen LogP contribution in [0.2, 0.25) is 0 Å². The predicted molar refractivity (Wildman–Crippen MR) is 47.4 cm³/mol. The van der Waals surface area contributed by atoms with Gasteiger partial charge in [0, 0.05) is 11.8 Å². The van der Waals surface area contributed by atoms with Crippen LogP contribution >= 0.6 is 0 Å². The summed E-state index contributed by atoms with van der Waals surface area (Å²) < 4.78 is 0. The largest absolute Gasteiger partial charge is 0.278 e. The van der Waals surface area contributed by atoms with Crippen LogP contribution < -0.4 is 0 Å². The zero-order chi connectivity index (χ0) is 8.39. The highest BCUT2D eigenvalue weighted by atomic mass is 15.1. The molecule has 0 unspecified atom stereocenters. The average molecular weight is 156 g/mol. The Bertz CT molecular complexity index is 363. The number of aromatic amines is 1. The number of benzene rings is 1. The maximum absolute atomic E-state index is 5.76. The standard InChI is InChI=1S/C10H8N2/c1-8-4-2-3-5-9(8)10-6-7-11-12-10/h1-7H,(H,11,12). The molecule has 0 aliphatic heterocycles. The lowest BCUT2D eigenvalue weighted by molar-refractivity contribution is 1.09. The highest BCUT2D eigenvalue weighted by molar-refractivity contribution is 5.63. The summed E-state index contributed by atoms with van der Waals surface area (Å²) in [6.45, 7) is 5.76. The van der Waals surface area contributed by atoms with E-state index in [0.717, 1.165) is 16.8 Å². The molecule has 0 aliphatic carbocycles. The number of nitrogens with one attached hydrogen (secondary N) is 1. The molecular weight excluding hydrogens is 148 g/mol. The smallest absolute Gasteiger partial charge is 0.0653 e. The zero-order valence-corrected chi connectivity index (χ0v) is 6.49. The van der Waals surface area contributed by atoms with Crippen LogP contribution in [0.15, 0.2) is 36.5 Å². The summed E-state index contributed by atoms with van der Waals surface area (Å²) in [5, 5.41) is 6.72. The molecule has 2 aromatic rings. The van der Waals surface area contributed by atoms with Crippen molar-refractivity contribution in [3.8, 4) is 11.3 Å². The lowest BCUT2D eigenvalue weighted by Crippen LogP contribution is -1.81. The fourth-order valence-electron chi connectivity index (χ4n) is 1.15. The molecule has 0 bridgehead atoms. The summed E-state index contributed by atoms with van der Waals surface area (Å²) >= 11 is 0. The normalized spacial score (nSPS) is 10.1. The first-order valence-electron chi connectivity index (χ1n) is 3.72. The third-order valence-electron chi connectivity index (χ3n) is 1.75. The van der Waals surface area contributed by atoms with Crippen molar-refractivity contribution in [3.63, 3.8) is 0 Å². The van der Waals surface area contributed by atoms with Gasteiger partial charge >= 0.3 is 0 Å². The molecule has 1 N–H and O–H groups in total. The zero-order valence-electron chi connectivity index (χ0n) is 6.49. The quantitative estimate of drug-likeness (QED) is 0.673. The van der Waals surface area contributed by atoms with Crippen molar-refractivity contribution >= 4 is 0 Å². The maximum atomic E-state index is 5.76. The summed E-state index contributed by atoms with van der Waals surface area (Å²) in [4.78, 5) is 0. The molecule has 1 aromatic heterocycles. The molecule has 12 heavy (non-hydrogen) atoms. The predicted octanol–water partition coefficient (Wildman–Crippen LogP) is 2.14. The summed E-state index contributed by atoms with van der Waals surface area (Å²) in [6, 6.07) is 9.59. The third-order valence-corrected chi connectivity index (χ3v) is 1.75. The topological polar surface area (TPSA) is 28.7 Å². The summed E-state index contributed by atoms with van der Waals surface area (Å²) in [7, 11) is 0. The van der Waals surface area contributed by atoms with Crippen molar-refractivity contribution in [2.45, 2.75) is 0 Å². The van der Waals surface area contributed by atoms with Gasteiger partial charge in [-0.2, -0.15) is 5.10 Å². The van der Waals surface area contributed by atoms with Gasteiger partial charge in [-0.15, -0.1) is 0 Å². The molecule has 58 valence electrons. The molecule has 0 amide bonds. The number of hydrogen-bond donors (Lipinski definition) is 1. The van der Waals surface area contributed by atoms with Crippen LogP contribution in [-0.2, 0) is 0 Å². The highest BCUT2D eigenvalue weighted by Crippen LogP contribution is 2.19. The summed E-state index contributed by atoms with van der Waals surface area (Å²) in [5.74, 6) is 0. The van der Waals surface area contributed by atoms with Gasteiger partial charge in [0.1, 0.15) is 0 Å². The molecule has 0 fully saturated rings. The first-order chi connectivity index (χ1) is 5.88. The minimum atomic E-state index is 0.766. The number of H-pyrrole nitrogens is 1. The van der Waals surface area contributed by atoms with E-state index in [9.17, 15) is 0 Å². The number of aromatic nitrogens is 2. The summed E-state index contributed by atoms with van der Waals surface area (Å²) in [5.41, 5.74) is 2.71. The molecule has 0 saturated carbocycles. The molecule has 0 aliphatic rings. The second-order valence-corrected chi connectivity index (χ2v) is 2.56. The van der Waals surface area contributed by atoms with Crippen molar-refractivity contribution in [3.05, 3.63) is 49.0 Å². The first kappa shape index (κ1) is 7.10. The van der Waals surface area contributed by atoms with Crippen LogP contribution in [-0.4, -0.2) is 10.2 Å². The Balaban J connectivity index is 2.55. The lowest BCUT2D eigenvalue weighted by Gasteiger charge is -2.00. The second kappa shape index (κ2) is 2.81. The van der Waals surface area contributed by atoms with E-state index in [1.165, 1.54) is 0 Å². The van der Waals surface area contributed by atoms with Gasteiger partial charge in [-0.3, -0.25) is 5.10 Å². The van der Waals surface area contributed by atoms with Gasteiger partial charge in [-0.05, 0) is 18.6 Å². The fourth-order valence-corrected chi connectivity index (χ4v) is 1.15. The minimum absolute atomic E-state index is 0.766. The van der Waals surface area contributed by atoms with E-state index in [0.29, 0.717) is 0 Å². The Labute approximate surface area is 71.3 Å². The molecule has 0 saturated heterocycles. The fraction of sp³-hybridized carbons (Fsp3) is 0. The van der Waals surface area contributed by atoms with Gasteiger partial charge in [0.15, 0.2) is 0 Å². The average Bonchev–Trinajstić information content (AvgIpc) is 2.57. The monoisotopic (exact) mass is 156 g/mol. The van der Waals surface area contributed by atoms with Crippen molar-refractivity contribution in [2.75, 3.05) is 0 Å². The van der Waals surface area contributed by atoms with Crippen molar-refractivity contribution in [1.29, 1.82) is 0 Å². The Kier molecular flexibility index (Phi) is 1.67. The van der Waals surface area contributed by atoms with Crippen molar-refractivity contribution in [2.24, 2.45) is 0 Å². The molecule has 0 spiro atoms. The Morgan fingerprint density at radius 1 is 1.17 bits per heavy atom. The Morgan fingerprint density at radius 3 is 2.67 bits per heavy atom. The third kappa shape index (κ3) is 1.11. The molecule has 2 nitrogen and oxygen atoms in total. The Hall–Kier alpha value is -1.57. The molecule has 2 heteroatoms. The van der Waals surface area contributed by atoms with Crippen LogP contribution in [0.4, 0.5) is 0 Å². The van der Waals surface area contributed by atoms with Gasteiger partial charge < -0.3 is 0 Å². The lowest BCUT2D eigenvalue weighted by atomic mass is 10.1. The van der Waals surface area contributed by atoms with Crippen molar-refractivity contribution < 1.29 is 0 Å². The summed E-state index contributed by atoms with van der Waals surface area (Å²) in [6.07, 6.45) is 1.71. The van der Waals surface area contributed by atoms with E-state index in [-0.39, 0.29) is 0 Å². The van der Waals surface area contributed by atoms with E-state index < -0.39 is 0 Å². The van der Waals surface area contributed by atoms with E-state index >= 15 is 0 Å². The second-order valence-electron chi connectivity index (χ2n) is 2.56. The molecule has 2 radical (unpaired) electrons. The van der Waals surface area contributed by atoms with Gasteiger partial charge in [-0.1, -0.05) is 24.3 Å².